The van der Waals surface area contributed by atoms with Gasteiger partial charge in [0, 0.05) is 36.3 Å². The maximum Gasteiger partial charge on any atom is 0.257 e. The van der Waals surface area contributed by atoms with E-state index in [-0.39, 0.29) is 25.0 Å². The van der Waals surface area contributed by atoms with Crippen LogP contribution >= 0.6 is 23.2 Å². The number of anilines is 1. The van der Waals surface area contributed by atoms with E-state index in [1.54, 1.807) is 36.7 Å². The van der Waals surface area contributed by atoms with Crippen LogP contribution in [0, 0.1) is 0 Å². The first-order valence-electron chi connectivity index (χ1n) is 7.69. The Bertz CT molecular complexity index is 798. The van der Waals surface area contributed by atoms with Crippen LogP contribution in [0.3, 0.4) is 0 Å². The number of amides is 2. The number of rotatable bonds is 8. The smallest absolute Gasteiger partial charge is 0.257 e. The van der Waals surface area contributed by atoms with Crippen molar-refractivity contribution in [1.29, 1.82) is 0 Å². The van der Waals surface area contributed by atoms with Gasteiger partial charge in [-0.2, -0.15) is 0 Å². The van der Waals surface area contributed by atoms with E-state index < -0.39 is 0 Å². The van der Waals surface area contributed by atoms with E-state index in [2.05, 4.69) is 22.2 Å². The van der Waals surface area contributed by atoms with E-state index in [1.807, 2.05) is 0 Å². The summed E-state index contributed by atoms with van der Waals surface area (Å²) in [5.41, 5.74) is 0.984. The van der Waals surface area contributed by atoms with Crippen molar-refractivity contribution in [2.45, 2.75) is 6.42 Å². The SMILES string of the molecule is C=C(CCNC(=O)COc1ccc(Cl)c(Cl)c1)C(=O)Nc1ccncc1. The highest BCUT2D eigenvalue weighted by Gasteiger charge is 2.09. The predicted octanol–water partition coefficient (Wildman–Crippen LogP) is 3.47. The third kappa shape index (κ3) is 6.38. The van der Waals surface area contributed by atoms with E-state index in [0.717, 1.165) is 0 Å². The van der Waals surface area contributed by atoms with Gasteiger partial charge in [0.25, 0.3) is 11.8 Å². The van der Waals surface area contributed by atoms with E-state index >= 15 is 0 Å². The lowest BCUT2D eigenvalue weighted by atomic mass is 10.2. The molecule has 0 unspecified atom stereocenters. The largest absolute Gasteiger partial charge is 0.484 e. The van der Waals surface area contributed by atoms with Crippen LogP contribution in [0.4, 0.5) is 5.69 Å². The molecule has 2 N–H and O–H groups in total. The number of nitrogens with one attached hydrogen (secondary N) is 2. The van der Waals surface area contributed by atoms with Gasteiger partial charge in [-0.15, -0.1) is 0 Å². The number of carbonyl (C=O) groups is 2. The maximum absolute atomic E-state index is 12.0. The minimum Gasteiger partial charge on any atom is -0.484 e. The highest BCUT2D eigenvalue weighted by Crippen LogP contribution is 2.26. The van der Waals surface area contributed by atoms with E-state index in [9.17, 15) is 9.59 Å². The third-order valence-corrected chi connectivity index (χ3v) is 4.01. The normalized spacial score (nSPS) is 10.1. The van der Waals surface area contributed by atoms with Crippen LogP contribution in [0.1, 0.15) is 6.42 Å². The molecule has 0 atom stereocenters. The number of pyridine rings is 1. The molecule has 0 spiro atoms. The topological polar surface area (TPSA) is 80.3 Å². The molecule has 0 radical (unpaired) electrons. The molecule has 0 aliphatic rings. The monoisotopic (exact) mass is 393 g/mol. The van der Waals surface area contributed by atoms with Crippen LogP contribution in [0.2, 0.25) is 10.0 Å². The van der Waals surface area contributed by atoms with Crippen molar-refractivity contribution in [3.05, 3.63) is 64.9 Å². The Morgan fingerprint density at radius 2 is 1.85 bits per heavy atom. The quantitative estimate of drug-likeness (QED) is 0.672. The Morgan fingerprint density at radius 3 is 2.54 bits per heavy atom. The van der Waals surface area contributed by atoms with Crippen LogP contribution in [0.15, 0.2) is 54.9 Å². The number of hydrogen-bond donors (Lipinski definition) is 2. The molecule has 2 aromatic rings. The van der Waals surface area contributed by atoms with Crippen molar-refractivity contribution in [2.75, 3.05) is 18.5 Å². The fourth-order valence-corrected chi connectivity index (χ4v) is 2.18. The van der Waals surface area contributed by atoms with Gasteiger partial charge in [0.1, 0.15) is 5.75 Å². The highest BCUT2D eigenvalue weighted by molar-refractivity contribution is 6.42. The molecular weight excluding hydrogens is 377 g/mol. The molecule has 0 aliphatic carbocycles. The first-order chi connectivity index (χ1) is 12.5. The van der Waals surface area contributed by atoms with E-state index in [1.165, 1.54) is 6.07 Å². The third-order valence-electron chi connectivity index (χ3n) is 3.27. The molecule has 0 saturated carbocycles. The van der Waals surface area contributed by atoms with Crippen LogP contribution in [0.25, 0.3) is 0 Å². The van der Waals surface area contributed by atoms with Crippen molar-refractivity contribution >= 4 is 40.7 Å². The molecule has 26 heavy (non-hydrogen) atoms. The molecule has 2 amide bonds. The van der Waals surface area contributed by atoms with Gasteiger partial charge in [-0.3, -0.25) is 14.6 Å². The molecule has 0 saturated heterocycles. The summed E-state index contributed by atoms with van der Waals surface area (Å²) in [6.45, 7) is 3.82. The molecule has 1 aromatic heterocycles. The minimum absolute atomic E-state index is 0.173. The lowest BCUT2D eigenvalue weighted by molar-refractivity contribution is -0.123. The van der Waals surface area contributed by atoms with Crippen molar-refractivity contribution in [2.24, 2.45) is 0 Å². The summed E-state index contributed by atoms with van der Waals surface area (Å²) < 4.78 is 5.32. The van der Waals surface area contributed by atoms with E-state index in [0.29, 0.717) is 33.5 Å². The maximum atomic E-state index is 12.0. The zero-order chi connectivity index (χ0) is 18.9. The van der Waals surface area contributed by atoms with Crippen LogP contribution in [-0.2, 0) is 9.59 Å². The van der Waals surface area contributed by atoms with Gasteiger partial charge in [-0.25, -0.2) is 0 Å². The summed E-state index contributed by atoms with van der Waals surface area (Å²) in [4.78, 5) is 27.6. The first kappa shape index (κ1) is 19.8. The number of aromatic nitrogens is 1. The zero-order valence-corrected chi connectivity index (χ0v) is 15.3. The van der Waals surface area contributed by atoms with Gasteiger partial charge >= 0.3 is 0 Å². The number of carbonyl (C=O) groups excluding carboxylic acids is 2. The first-order valence-corrected chi connectivity index (χ1v) is 8.45. The Morgan fingerprint density at radius 1 is 1.12 bits per heavy atom. The molecular formula is C18H17Cl2N3O3. The Labute approximate surface area is 161 Å². The van der Waals surface area contributed by atoms with Gasteiger partial charge < -0.3 is 15.4 Å². The van der Waals surface area contributed by atoms with Crippen LogP contribution in [0.5, 0.6) is 5.75 Å². The van der Waals surface area contributed by atoms with Gasteiger partial charge in [0.05, 0.1) is 10.0 Å². The van der Waals surface area contributed by atoms with Crippen molar-refractivity contribution in [3.63, 3.8) is 0 Å². The average molecular weight is 394 g/mol. The number of benzene rings is 1. The Hall–Kier alpha value is -2.57. The second-order valence-corrected chi connectivity index (χ2v) is 6.07. The van der Waals surface area contributed by atoms with Gasteiger partial charge in [0.15, 0.2) is 6.61 Å². The molecule has 1 heterocycles. The van der Waals surface area contributed by atoms with Crippen molar-refractivity contribution in [3.8, 4) is 5.75 Å². The standard InChI is InChI=1S/C18H17Cl2N3O3/c1-12(18(25)23-13-5-7-21-8-6-13)4-9-22-17(24)11-26-14-2-3-15(19)16(20)10-14/h2-3,5-8,10H,1,4,9,11H2,(H,22,24)(H,21,23,25). The fourth-order valence-electron chi connectivity index (χ4n) is 1.89. The molecule has 2 rings (SSSR count). The van der Waals surface area contributed by atoms with Crippen molar-refractivity contribution in [1.82, 2.24) is 10.3 Å². The summed E-state index contributed by atoms with van der Waals surface area (Å²) >= 11 is 11.7. The summed E-state index contributed by atoms with van der Waals surface area (Å²) in [6, 6.07) is 8.08. The van der Waals surface area contributed by atoms with E-state index in [4.69, 9.17) is 27.9 Å². The molecule has 0 bridgehead atoms. The summed E-state index contributed by atoms with van der Waals surface area (Å²) in [7, 11) is 0. The number of halogens is 2. The summed E-state index contributed by atoms with van der Waals surface area (Å²) in [5, 5.41) is 6.11. The predicted molar refractivity (Wildman–Crippen MR) is 102 cm³/mol. The highest BCUT2D eigenvalue weighted by atomic mass is 35.5. The van der Waals surface area contributed by atoms with Crippen LogP contribution < -0.4 is 15.4 Å². The molecule has 1 aromatic carbocycles. The van der Waals surface area contributed by atoms with Gasteiger partial charge in [-0.05, 0) is 30.7 Å². The molecule has 0 aliphatic heterocycles. The fraction of sp³-hybridized carbons (Fsp3) is 0.167. The average Bonchev–Trinajstić information content (AvgIpc) is 2.63. The molecule has 6 nitrogen and oxygen atoms in total. The number of nitrogens with zero attached hydrogens (tertiary/aromatic N) is 1. The zero-order valence-electron chi connectivity index (χ0n) is 13.8. The molecule has 136 valence electrons. The second kappa shape index (κ2) is 9.79. The summed E-state index contributed by atoms with van der Waals surface area (Å²) in [5.74, 6) is -0.188. The van der Waals surface area contributed by atoms with Crippen molar-refractivity contribution < 1.29 is 14.3 Å². The Balaban J connectivity index is 1.68. The number of hydrogen-bond acceptors (Lipinski definition) is 4. The summed E-state index contributed by atoms with van der Waals surface area (Å²) in [6.07, 6.45) is 3.47. The van der Waals surface area contributed by atoms with Crippen LogP contribution in [-0.4, -0.2) is 29.9 Å². The lowest BCUT2D eigenvalue weighted by Crippen LogP contribution is -2.30. The van der Waals surface area contributed by atoms with Gasteiger partial charge in [0.2, 0.25) is 0 Å². The lowest BCUT2D eigenvalue weighted by Gasteiger charge is -2.10. The molecule has 0 fully saturated rings. The molecule has 8 heteroatoms. The minimum atomic E-state index is -0.321. The number of ether oxygens (including phenoxy) is 1. The second-order valence-electron chi connectivity index (χ2n) is 5.26. The Kier molecular flexibility index (Phi) is 7.44. The van der Waals surface area contributed by atoms with Gasteiger partial charge in [-0.1, -0.05) is 29.8 Å².